The van der Waals surface area contributed by atoms with Gasteiger partial charge in [0.15, 0.2) is 11.5 Å². The molecule has 6 nitrogen and oxygen atoms in total. The Balaban J connectivity index is 2.52. The van der Waals surface area contributed by atoms with E-state index in [2.05, 4.69) is 5.32 Å². The number of carbonyl (C=O) groups excluding carboxylic acids is 1. The highest BCUT2D eigenvalue weighted by Crippen LogP contribution is 2.36. The van der Waals surface area contributed by atoms with E-state index in [0.717, 1.165) is 5.56 Å². The van der Waals surface area contributed by atoms with Gasteiger partial charge < -0.3 is 19.9 Å². The van der Waals surface area contributed by atoms with Gasteiger partial charge in [-0.3, -0.25) is 9.59 Å². The third kappa shape index (κ3) is 6.78. The molecule has 0 radical (unpaired) electrons. The molecule has 0 spiro atoms. The largest absolute Gasteiger partial charge is 0.493 e. The number of carboxylic acids is 1. The van der Waals surface area contributed by atoms with Gasteiger partial charge in [0.25, 0.3) is 0 Å². The Morgan fingerprint density at radius 1 is 1.26 bits per heavy atom. The van der Waals surface area contributed by atoms with Crippen molar-refractivity contribution in [3.8, 4) is 11.5 Å². The van der Waals surface area contributed by atoms with Gasteiger partial charge in [0.2, 0.25) is 5.91 Å². The molecule has 1 rings (SSSR count). The van der Waals surface area contributed by atoms with E-state index in [1.165, 1.54) is 7.11 Å². The smallest absolute Gasteiger partial charge is 0.303 e. The van der Waals surface area contributed by atoms with E-state index in [4.69, 9.17) is 26.2 Å². The third-order valence-electron chi connectivity index (χ3n) is 3.11. The van der Waals surface area contributed by atoms with Crippen molar-refractivity contribution in [3.05, 3.63) is 22.7 Å². The number of amides is 1. The lowest BCUT2D eigenvalue weighted by Crippen LogP contribution is -2.22. The molecule has 0 bridgehead atoms. The van der Waals surface area contributed by atoms with Gasteiger partial charge in [0.1, 0.15) is 0 Å². The summed E-state index contributed by atoms with van der Waals surface area (Å²) in [5.41, 5.74) is 0.800. The maximum Gasteiger partial charge on any atom is 0.303 e. The number of aliphatic carboxylic acids is 1. The van der Waals surface area contributed by atoms with Crippen LogP contribution in [0.25, 0.3) is 0 Å². The van der Waals surface area contributed by atoms with Crippen molar-refractivity contribution in [2.75, 3.05) is 13.7 Å². The highest BCUT2D eigenvalue weighted by atomic mass is 35.5. The van der Waals surface area contributed by atoms with Gasteiger partial charge in [-0.2, -0.15) is 0 Å². The topological polar surface area (TPSA) is 84.9 Å². The molecule has 1 aromatic carbocycles. The Morgan fingerprint density at radius 2 is 1.96 bits per heavy atom. The van der Waals surface area contributed by atoms with E-state index in [-0.39, 0.29) is 12.3 Å². The monoisotopic (exact) mass is 343 g/mol. The number of rotatable bonds is 10. The quantitative estimate of drug-likeness (QED) is 0.638. The summed E-state index contributed by atoms with van der Waals surface area (Å²) in [7, 11) is 1.53. The molecule has 1 aromatic rings. The van der Waals surface area contributed by atoms with E-state index >= 15 is 0 Å². The molecule has 128 valence electrons. The van der Waals surface area contributed by atoms with E-state index in [1.54, 1.807) is 12.1 Å². The summed E-state index contributed by atoms with van der Waals surface area (Å²) in [5, 5.41) is 11.7. The molecule has 0 heterocycles. The van der Waals surface area contributed by atoms with Crippen LogP contribution in [-0.4, -0.2) is 30.7 Å². The summed E-state index contributed by atoms with van der Waals surface area (Å²) in [6, 6.07) is 3.49. The van der Waals surface area contributed by atoms with Crippen LogP contribution in [0.15, 0.2) is 12.1 Å². The number of carboxylic acid groups (broad SMARTS) is 1. The van der Waals surface area contributed by atoms with Crippen LogP contribution < -0.4 is 14.8 Å². The molecular formula is C16H22ClNO5. The zero-order valence-electron chi connectivity index (χ0n) is 13.4. The Bertz CT molecular complexity index is 548. The lowest BCUT2D eigenvalue weighted by atomic mass is 10.1. The Hall–Kier alpha value is -1.95. The van der Waals surface area contributed by atoms with Gasteiger partial charge in [-0.25, -0.2) is 0 Å². The standard InChI is InChI=1S/C16H22ClNO5/c1-3-23-16-12(17)8-11(9-13(16)22-2)10-18-14(19)6-4-5-7-15(20)21/h8-9H,3-7,10H2,1-2H3,(H,18,19)(H,20,21). The lowest BCUT2D eigenvalue weighted by molar-refractivity contribution is -0.137. The molecule has 0 aliphatic heterocycles. The molecule has 0 saturated carbocycles. The van der Waals surface area contributed by atoms with Crippen molar-refractivity contribution < 1.29 is 24.2 Å². The molecule has 0 atom stereocenters. The molecular weight excluding hydrogens is 322 g/mol. The number of hydrogen-bond donors (Lipinski definition) is 2. The van der Waals surface area contributed by atoms with E-state index in [9.17, 15) is 9.59 Å². The number of benzene rings is 1. The fraction of sp³-hybridized carbons (Fsp3) is 0.500. The highest BCUT2D eigenvalue weighted by molar-refractivity contribution is 6.32. The second-order valence-corrected chi connectivity index (χ2v) is 5.33. The molecule has 0 fully saturated rings. The number of hydrogen-bond acceptors (Lipinski definition) is 4. The van der Waals surface area contributed by atoms with Crippen LogP contribution >= 0.6 is 11.6 Å². The summed E-state index contributed by atoms with van der Waals surface area (Å²) in [6.45, 7) is 2.65. The maximum absolute atomic E-state index is 11.7. The predicted octanol–water partition coefficient (Wildman–Crippen LogP) is 3.01. The predicted molar refractivity (Wildman–Crippen MR) is 87.1 cm³/mol. The Morgan fingerprint density at radius 3 is 2.57 bits per heavy atom. The van der Waals surface area contributed by atoms with Gasteiger partial charge >= 0.3 is 5.97 Å². The fourth-order valence-corrected chi connectivity index (χ4v) is 2.30. The number of methoxy groups -OCH3 is 1. The van der Waals surface area contributed by atoms with Gasteiger partial charge in [0, 0.05) is 19.4 Å². The van der Waals surface area contributed by atoms with Crippen LogP contribution in [0.1, 0.15) is 38.2 Å². The van der Waals surface area contributed by atoms with Crippen LogP contribution in [0.2, 0.25) is 5.02 Å². The zero-order chi connectivity index (χ0) is 17.2. The molecule has 0 unspecified atom stereocenters. The number of halogens is 1. The highest BCUT2D eigenvalue weighted by Gasteiger charge is 2.12. The first-order valence-electron chi connectivity index (χ1n) is 7.45. The molecule has 0 saturated heterocycles. The molecule has 23 heavy (non-hydrogen) atoms. The summed E-state index contributed by atoms with van der Waals surface area (Å²) in [6.07, 6.45) is 1.42. The first-order chi connectivity index (χ1) is 11.0. The molecule has 7 heteroatoms. The second-order valence-electron chi connectivity index (χ2n) is 4.92. The van der Waals surface area contributed by atoms with Crippen molar-refractivity contribution in [2.45, 2.75) is 39.2 Å². The zero-order valence-corrected chi connectivity index (χ0v) is 14.1. The third-order valence-corrected chi connectivity index (χ3v) is 3.39. The second kappa shape index (κ2) is 9.94. The first kappa shape index (κ1) is 19.1. The van der Waals surface area contributed by atoms with Gasteiger partial charge in [-0.15, -0.1) is 0 Å². The van der Waals surface area contributed by atoms with Crippen LogP contribution in [0, 0.1) is 0 Å². The van der Waals surface area contributed by atoms with Crippen LogP contribution in [0.5, 0.6) is 11.5 Å². The Labute approximate surface area is 140 Å². The Kier molecular flexibility index (Phi) is 8.26. The number of ether oxygens (including phenoxy) is 2. The van der Waals surface area contributed by atoms with E-state index < -0.39 is 5.97 Å². The SMILES string of the molecule is CCOc1c(Cl)cc(CNC(=O)CCCCC(=O)O)cc1OC. The molecule has 0 aromatic heterocycles. The van der Waals surface area contributed by atoms with Crippen LogP contribution in [0.3, 0.4) is 0 Å². The first-order valence-corrected chi connectivity index (χ1v) is 7.83. The van der Waals surface area contributed by atoms with E-state index in [0.29, 0.717) is 48.9 Å². The normalized spacial score (nSPS) is 10.2. The molecule has 0 aliphatic rings. The van der Waals surface area contributed by atoms with Crippen molar-refractivity contribution >= 4 is 23.5 Å². The summed E-state index contributed by atoms with van der Waals surface area (Å²) < 4.78 is 10.7. The number of unbranched alkanes of at least 4 members (excludes halogenated alkanes) is 1. The van der Waals surface area contributed by atoms with Crippen molar-refractivity contribution in [3.63, 3.8) is 0 Å². The summed E-state index contributed by atoms with van der Waals surface area (Å²) >= 11 is 6.17. The van der Waals surface area contributed by atoms with Crippen molar-refractivity contribution in [1.82, 2.24) is 5.32 Å². The number of nitrogens with one attached hydrogen (secondary N) is 1. The minimum Gasteiger partial charge on any atom is -0.493 e. The summed E-state index contributed by atoms with van der Waals surface area (Å²) in [5.74, 6) is 0.0337. The fourth-order valence-electron chi connectivity index (χ4n) is 2.01. The number of carbonyl (C=O) groups is 2. The molecule has 1 amide bonds. The van der Waals surface area contributed by atoms with Crippen LogP contribution in [0.4, 0.5) is 0 Å². The minimum absolute atomic E-state index is 0.0823. The van der Waals surface area contributed by atoms with E-state index in [1.807, 2.05) is 6.92 Å². The average molecular weight is 344 g/mol. The average Bonchev–Trinajstić information content (AvgIpc) is 2.51. The molecule has 0 aliphatic carbocycles. The lowest BCUT2D eigenvalue weighted by Gasteiger charge is -2.13. The van der Waals surface area contributed by atoms with Gasteiger partial charge in [-0.05, 0) is 37.5 Å². The van der Waals surface area contributed by atoms with Gasteiger partial charge in [-0.1, -0.05) is 11.6 Å². The molecule has 2 N–H and O–H groups in total. The van der Waals surface area contributed by atoms with Crippen molar-refractivity contribution in [1.29, 1.82) is 0 Å². The van der Waals surface area contributed by atoms with Gasteiger partial charge in [0.05, 0.1) is 18.7 Å². The summed E-state index contributed by atoms with van der Waals surface area (Å²) in [4.78, 5) is 22.1. The van der Waals surface area contributed by atoms with Crippen LogP contribution in [-0.2, 0) is 16.1 Å². The van der Waals surface area contributed by atoms with Crippen molar-refractivity contribution in [2.24, 2.45) is 0 Å². The minimum atomic E-state index is -0.846. The maximum atomic E-state index is 11.7.